The van der Waals surface area contributed by atoms with E-state index in [4.69, 9.17) is 19.9 Å². The van der Waals surface area contributed by atoms with Gasteiger partial charge in [0.15, 0.2) is 11.5 Å². The predicted molar refractivity (Wildman–Crippen MR) is 76.2 cm³/mol. The molecule has 0 radical (unpaired) electrons. The number of fused-ring (bicyclic) bond motifs is 1. The van der Waals surface area contributed by atoms with Gasteiger partial charge in [0, 0.05) is 19.6 Å². The van der Waals surface area contributed by atoms with Crippen LogP contribution in [-0.4, -0.2) is 50.4 Å². The number of rotatable bonds is 4. The molecule has 1 fully saturated rings. The quantitative estimate of drug-likeness (QED) is 0.869. The van der Waals surface area contributed by atoms with Crippen molar-refractivity contribution in [2.24, 2.45) is 11.7 Å². The normalized spacial score (nSPS) is 18.6. The van der Waals surface area contributed by atoms with Gasteiger partial charge in [-0.25, -0.2) is 0 Å². The maximum Gasteiger partial charge on any atom is 0.231 e. The topological polar surface area (TPSA) is 74.0 Å². The minimum absolute atomic E-state index is 0.110. The third-order valence-electron chi connectivity index (χ3n) is 3.88. The second kappa shape index (κ2) is 6.32. The molecule has 2 heterocycles. The monoisotopic (exact) mass is 292 g/mol. The van der Waals surface area contributed by atoms with Crippen LogP contribution in [0.15, 0.2) is 18.2 Å². The summed E-state index contributed by atoms with van der Waals surface area (Å²) in [5.74, 6) is 1.39. The van der Waals surface area contributed by atoms with Gasteiger partial charge in [0.2, 0.25) is 12.7 Å². The van der Waals surface area contributed by atoms with E-state index in [1.807, 2.05) is 23.1 Å². The van der Waals surface area contributed by atoms with Crippen LogP contribution in [0.1, 0.15) is 5.56 Å². The van der Waals surface area contributed by atoms with E-state index in [-0.39, 0.29) is 18.6 Å². The zero-order valence-corrected chi connectivity index (χ0v) is 11.9. The molecule has 2 aliphatic heterocycles. The number of nitrogens with zero attached hydrogens (tertiary/aromatic N) is 1. The SMILES string of the molecule is NCC(Cc1ccc2c(c1)OCO2)C(=O)N1CCOCC1. The summed E-state index contributed by atoms with van der Waals surface area (Å²) < 4.78 is 15.9. The smallest absolute Gasteiger partial charge is 0.231 e. The van der Waals surface area contributed by atoms with Gasteiger partial charge in [-0.05, 0) is 24.1 Å². The van der Waals surface area contributed by atoms with Gasteiger partial charge in [-0.2, -0.15) is 0 Å². The number of hydrogen-bond donors (Lipinski definition) is 1. The van der Waals surface area contributed by atoms with Gasteiger partial charge in [0.05, 0.1) is 19.1 Å². The average molecular weight is 292 g/mol. The molecule has 0 saturated carbocycles. The first-order valence-electron chi connectivity index (χ1n) is 7.23. The minimum atomic E-state index is -0.205. The van der Waals surface area contributed by atoms with Crippen molar-refractivity contribution in [3.8, 4) is 11.5 Å². The van der Waals surface area contributed by atoms with Gasteiger partial charge in [-0.1, -0.05) is 6.07 Å². The molecular weight excluding hydrogens is 272 g/mol. The molecule has 1 amide bonds. The van der Waals surface area contributed by atoms with Crippen molar-refractivity contribution in [3.63, 3.8) is 0 Å². The van der Waals surface area contributed by atoms with E-state index in [1.165, 1.54) is 0 Å². The number of carbonyl (C=O) groups is 1. The van der Waals surface area contributed by atoms with Crippen molar-refractivity contribution in [3.05, 3.63) is 23.8 Å². The third-order valence-corrected chi connectivity index (χ3v) is 3.88. The molecule has 1 saturated heterocycles. The van der Waals surface area contributed by atoms with E-state index in [1.54, 1.807) is 0 Å². The Balaban J connectivity index is 1.67. The Bertz CT molecular complexity index is 514. The third kappa shape index (κ3) is 3.11. The maximum atomic E-state index is 12.5. The lowest BCUT2D eigenvalue weighted by molar-refractivity contribution is -0.139. The highest BCUT2D eigenvalue weighted by Crippen LogP contribution is 2.33. The summed E-state index contributed by atoms with van der Waals surface area (Å²) in [6.07, 6.45) is 0.614. The van der Waals surface area contributed by atoms with Gasteiger partial charge >= 0.3 is 0 Å². The van der Waals surface area contributed by atoms with Crippen molar-refractivity contribution >= 4 is 5.91 Å². The van der Waals surface area contributed by atoms with Crippen LogP contribution in [0.4, 0.5) is 0 Å². The van der Waals surface area contributed by atoms with Crippen LogP contribution in [0, 0.1) is 5.92 Å². The molecule has 1 unspecified atom stereocenters. The summed E-state index contributed by atoms with van der Waals surface area (Å²) in [5, 5.41) is 0. The highest BCUT2D eigenvalue weighted by atomic mass is 16.7. The van der Waals surface area contributed by atoms with E-state index in [2.05, 4.69) is 0 Å². The number of morpholine rings is 1. The first kappa shape index (κ1) is 14.2. The molecule has 6 nitrogen and oxygen atoms in total. The molecule has 0 spiro atoms. The predicted octanol–water partition coefficient (Wildman–Crippen LogP) is 0.391. The molecule has 1 aromatic rings. The van der Waals surface area contributed by atoms with Gasteiger partial charge in [-0.3, -0.25) is 4.79 Å². The molecule has 6 heteroatoms. The average Bonchev–Trinajstić information content (AvgIpc) is 3.00. The summed E-state index contributed by atoms with van der Waals surface area (Å²) in [7, 11) is 0. The van der Waals surface area contributed by atoms with Crippen LogP contribution >= 0.6 is 0 Å². The molecule has 21 heavy (non-hydrogen) atoms. The van der Waals surface area contributed by atoms with Gasteiger partial charge < -0.3 is 24.8 Å². The largest absolute Gasteiger partial charge is 0.454 e. The lowest BCUT2D eigenvalue weighted by atomic mass is 9.97. The van der Waals surface area contributed by atoms with E-state index < -0.39 is 0 Å². The molecular formula is C15H20N2O4. The number of amides is 1. The zero-order valence-electron chi connectivity index (χ0n) is 11.9. The fraction of sp³-hybridized carbons (Fsp3) is 0.533. The van der Waals surface area contributed by atoms with Gasteiger partial charge in [-0.15, -0.1) is 0 Å². The van der Waals surface area contributed by atoms with Crippen LogP contribution in [0.3, 0.4) is 0 Å². The van der Waals surface area contributed by atoms with Crippen LogP contribution in [0.5, 0.6) is 11.5 Å². The Kier molecular flexibility index (Phi) is 4.26. The zero-order chi connectivity index (χ0) is 14.7. The van der Waals surface area contributed by atoms with Gasteiger partial charge in [0.25, 0.3) is 0 Å². The number of hydrogen-bond acceptors (Lipinski definition) is 5. The Labute approximate surface area is 123 Å². The second-order valence-electron chi connectivity index (χ2n) is 5.26. The minimum Gasteiger partial charge on any atom is -0.454 e. The fourth-order valence-corrected chi connectivity index (χ4v) is 2.67. The molecule has 114 valence electrons. The number of carbonyl (C=O) groups excluding carboxylic acids is 1. The van der Waals surface area contributed by atoms with E-state index in [9.17, 15) is 4.79 Å². The lowest BCUT2D eigenvalue weighted by Gasteiger charge is -2.30. The highest BCUT2D eigenvalue weighted by molar-refractivity contribution is 5.79. The molecule has 0 aromatic heterocycles. The maximum absolute atomic E-state index is 12.5. The summed E-state index contributed by atoms with van der Waals surface area (Å²) in [4.78, 5) is 14.3. The molecule has 2 aliphatic rings. The Hall–Kier alpha value is -1.79. The van der Waals surface area contributed by atoms with Crippen LogP contribution in [0.2, 0.25) is 0 Å². The molecule has 0 bridgehead atoms. The summed E-state index contributed by atoms with van der Waals surface area (Å²) >= 11 is 0. The van der Waals surface area contributed by atoms with Crippen molar-refractivity contribution in [2.75, 3.05) is 39.6 Å². The number of nitrogens with two attached hydrogens (primary N) is 1. The van der Waals surface area contributed by atoms with E-state index in [0.29, 0.717) is 39.3 Å². The Morgan fingerprint density at radius 1 is 1.24 bits per heavy atom. The molecule has 1 aromatic carbocycles. The van der Waals surface area contributed by atoms with Crippen molar-refractivity contribution in [2.45, 2.75) is 6.42 Å². The van der Waals surface area contributed by atoms with Crippen LogP contribution < -0.4 is 15.2 Å². The summed E-state index contributed by atoms with van der Waals surface area (Å²) in [5.41, 5.74) is 6.84. The highest BCUT2D eigenvalue weighted by Gasteiger charge is 2.25. The lowest BCUT2D eigenvalue weighted by Crippen LogP contribution is -2.45. The first-order chi connectivity index (χ1) is 10.3. The first-order valence-corrected chi connectivity index (χ1v) is 7.23. The molecule has 1 atom stereocenters. The Morgan fingerprint density at radius 3 is 2.76 bits per heavy atom. The van der Waals surface area contributed by atoms with E-state index >= 15 is 0 Å². The Morgan fingerprint density at radius 2 is 2.00 bits per heavy atom. The molecule has 2 N–H and O–H groups in total. The van der Waals surface area contributed by atoms with Crippen LogP contribution in [-0.2, 0) is 16.0 Å². The summed E-state index contributed by atoms with van der Waals surface area (Å²) in [6, 6.07) is 5.77. The summed E-state index contributed by atoms with van der Waals surface area (Å²) in [6.45, 7) is 3.10. The number of ether oxygens (including phenoxy) is 3. The molecule has 3 rings (SSSR count). The van der Waals surface area contributed by atoms with Crippen molar-refractivity contribution in [1.29, 1.82) is 0 Å². The van der Waals surface area contributed by atoms with E-state index in [0.717, 1.165) is 17.1 Å². The standard InChI is InChI=1S/C15H20N2O4/c16-9-12(15(18)17-3-5-19-6-4-17)7-11-1-2-13-14(8-11)21-10-20-13/h1-2,8,12H,3-7,9-10,16H2. The van der Waals surface area contributed by atoms with Crippen LogP contribution in [0.25, 0.3) is 0 Å². The van der Waals surface area contributed by atoms with Crippen molar-refractivity contribution < 1.29 is 19.0 Å². The fourth-order valence-electron chi connectivity index (χ4n) is 2.67. The second-order valence-corrected chi connectivity index (χ2v) is 5.26. The van der Waals surface area contributed by atoms with Gasteiger partial charge in [0.1, 0.15) is 0 Å². The molecule has 0 aliphatic carbocycles. The van der Waals surface area contributed by atoms with Crippen molar-refractivity contribution in [1.82, 2.24) is 4.90 Å². The number of benzene rings is 1.